The van der Waals surface area contributed by atoms with Crippen molar-refractivity contribution in [3.05, 3.63) is 62.7 Å². The first kappa shape index (κ1) is 11.4. The highest BCUT2D eigenvalue weighted by atomic mass is 19.1. The molecule has 1 heterocycles. The van der Waals surface area contributed by atoms with Gasteiger partial charge in [0.25, 0.3) is 0 Å². The molecule has 1 N–H and O–H groups in total. The maximum absolute atomic E-state index is 12.7. The van der Waals surface area contributed by atoms with Gasteiger partial charge < -0.3 is 0 Å². The van der Waals surface area contributed by atoms with Gasteiger partial charge in [-0.1, -0.05) is 12.1 Å². The molecule has 0 aliphatic heterocycles. The maximum atomic E-state index is 12.7. The summed E-state index contributed by atoms with van der Waals surface area (Å²) >= 11 is 0. The summed E-state index contributed by atoms with van der Waals surface area (Å²) in [6.45, 7) is 0.222. The van der Waals surface area contributed by atoms with Crippen LogP contribution in [0.15, 0.2) is 40.1 Å². The minimum absolute atomic E-state index is 0.0355. The molecule has 1 aromatic carbocycles. The van der Waals surface area contributed by atoms with Crippen molar-refractivity contribution < 1.29 is 4.39 Å². The second-order valence-corrected chi connectivity index (χ2v) is 3.60. The van der Waals surface area contributed by atoms with Gasteiger partial charge in [-0.2, -0.15) is 0 Å². The van der Waals surface area contributed by atoms with Gasteiger partial charge >= 0.3 is 5.69 Å². The van der Waals surface area contributed by atoms with Crippen LogP contribution in [0.4, 0.5) is 4.39 Å². The van der Waals surface area contributed by atoms with Crippen molar-refractivity contribution in [3.8, 4) is 0 Å². The molecule has 0 fully saturated rings. The molecular weight excluding hydrogens is 222 g/mol. The number of aromatic amines is 1. The summed E-state index contributed by atoms with van der Waals surface area (Å²) in [5.74, 6) is -0.345. The first-order valence-corrected chi connectivity index (χ1v) is 4.90. The highest BCUT2D eigenvalue weighted by Crippen LogP contribution is 2.03. The van der Waals surface area contributed by atoms with Crippen molar-refractivity contribution in [3.63, 3.8) is 0 Å². The molecule has 0 amide bonds. The maximum Gasteiger partial charge on any atom is 0.328 e. The molecule has 2 aromatic rings. The lowest BCUT2D eigenvalue weighted by molar-refractivity contribution is 0.625. The summed E-state index contributed by atoms with van der Waals surface area (Å²) in [4.78, 5) is 24.6. The van der Waals surface area contributed by atoms with Crippen molar-refractivity contribution in [2.75, 3.05) is 0 Å². The van der Waals surface area contributed by atoms with Crippen LogP contribution in [0.3, 0.4) is 0 Å². The Morgan fingerprint density at radius 1 is 1.24 bits per heavy atom. The molecule has 0 atom stereocenters. The highest BCUT2D eigenvalue weighted by Gasteiger charge is 2.01. The molecule has 0 unspecified atom stereocenters. The molecule has 0 aliphatic rings. The molecule has 0 bridgehead atoms. The van der Waals surface area contributed by atoms with Crippen LogP contribution in [0.25, 0.3) is 0 Å². The van der Waals surface area contributed by atoms with E-state index in [1.54, 1.807) is 12.1 Å². The predicted octanol–water partition coefficient (Wildman–Crippen LogP) is -0.482. The van der Waals surface area contributed by atoms with Crippen LogP contribution in [-0.2, 0) is 6.54 Å². The van der Waals surface area contributed by atoms with Crippen LogP contribution in [0.1, 0.15) is 5.56 Å². The van der Waals surface area contributed by atoms with Gasteiger partial charge in [-0.25, -0.2) is 9.18 Å². The summed E-state index contributed by atoms with van der Waals surface area (Å²) in [5.41, 5.74) is -0.453. The lowest BCUT2D eigenvalue weighted by atomic mass is 10.0. The van der Waals surface area contributed by atoms with E-state index < -0.39 is 11.2 Å². The van der Waals surface area contributed by atoms with Gasteiger partial charge in [0.15, 0.2) is 0 Å². The minimum Gasteiger partial charge on any atom is -0.297 e. The van der Waals surface area contributed by atoms with E-state index in [1.807, 2.05) is 0 Å². The Morgan fingerprint density at radius 2 is 1.88 bits per heavy atom. The topological polar surface area (TPSA) is 54.9 Å². The normalized spacial score (nSPS) is 10.4. The summed E-state index contributed by atoms with van der Waals surface area (Å²) in [6.07, 6.45) is 1.27. The van der Waals surface area contributed by atoms with Crippen molar-refractivity contribution in [2.24, 2.45) is 0 Å². The van der Waals surface area contributed by atoms with Gasteiger partial charge in [0.05, 0.1) is 6.54 Å². The van der Waals surface area contributed by atoms with E-state index in [4.69, 9.17) is 7.85 Å². The monoisotopic (exact) mass is 230 g/mol. The molecule has 0 aliphatic carbocycles. The average Bonchev–Trinajstić information content (AvgIpc) is 2.29. The third-order valence-electron chi connectivity index (χ3n) is 2.30. The fourth-order valence-corrected chi connectivity index (χ4v) is 1.43. The summed E-state index contributed by atoms with van der Waals surface area (Å²) < 4.78 is 13.9. The van der Waals surface area contributed by atoms with E-state index >= 15 is 0 Å². The first-order valence-electron chi connectivity index (χ1n) is 4.90. The number of nitrogens with zero attached hydrogens (tertiary/aromatic N) is 1. The summed E-state index contributed by atoms with van der Waals surface area (Å²) in [6, 6.07) is 5.72. The quantitative estimate of drug-likeness (QED) is 0.708. The average molecular weight is 230 g/mol. The number of rotatable bonds is 2. The van der Waals surface area contributed by atoms with Crippen molar-refractivity contribution in [2.45, 2.75) is 6.54 Å². The summed E-state index contributed by atoms with van der Waals surface area (Å²) in [5, 5.41) is 0. The van der Waals surface area contributed by atoms with E-state index in [-0.39, 0.29) is 17.8 Å². The zero-order valence-corrected chi connectivity index (χ0v) is 8.81. The van der Waals surface area contributed by atoms with Crippen LogP contribution in [-0.4, -0.2) is 17.4 Å². The molecule has 2 radical (unpaired) electrons. The molecule has 0 saturated carbocycles. The lowest BCUT2D eigenvalue weighted by Crippen LogP contribution is -2.39. The molecule has 1 aromatic heterocycles. The number of nitrogens with one attached hydrogen (secondary N) is 1. The number of hydrogen-bond donors (Lipinski definition) is 1. The van der Waals surface area contributed by atoms with Gasteiger partial charge in [0.2, 0.25) is 5.56 Å². The lowest BCUT2D eigenvalue weighted by Gasteiger charge is -2.06. The standard InChI is InChI=1S/C11H8BFN2O2/c12-9-6-15(11(17)14-10(9)16)5-7-1-3-8(13)4-2-7/h1-4,6H,5H2,(H,14,16,17). The molecule has 6 heteroatoms. The second-order valence-electron chi connectivity index (χ2n) is 3.60. The molecule has 0 spiro atoms. The Balaban J connectivity index is 2.36. The van der Waals surface area contributed by atoms with Gasteiger partial charge in [-0.3, -0.25) is 14.3 Å². The van der Waals surface area contributed by atoms with Gasteiger partial charge in [0.1, 0.15) is 13.7 Å². The van der Waals surface area contributed by atoms with Gasteiger partial charge in [-0.15, -0.1) is 0 Å². The van der Waals surface area contributed by atoms with Crippen LogP contribution in [0, 0.1) is 5.82 Å². The van der Waals surface area contributed by atoms with Crippen LogP contribution in [0.2, 0.25) is 0 Å². The Labute approximate surface area is 97.1 Å². The van der Waals surface area contributed by atoms with Crippen LogP contribution >= 0.6 is 0 Å². The van der Waals surface area contributed by atoms with Crippen LogP contribution in [0.5, 0.6) is 0 Å². The zero-order valence-electron chi connectivity index (χ0n) is 8.81. The molecule has 0 saturated heterocycles. The zero-order chi connectivity index (χ0) is 12.4. The number of hydrogen-bond acceptors (Lipinski definition) is 2. The Hall–Kier alpha value is -2.11. The van der Waals surface area contributed by atoms with E-state index in [1.165, 1.54) is 22.9 Å². The van der Waals surface area contributed by atoms with Crippen molar-refractivity contribution in [1.82, 2.24) is 9.55 Å². The SMILES string of the molecule is [B]c1cn(Cc2ccc(F)cc2)c(=O)[nH]c1=O. The third-order valence-corrected chi connectivity index (χ3v) is 2.30. The summed E-state index contributed by atoms with van der Waals surface area (Å²) in [7, 11) is 5.40. The molecule has 17 heavy (non-hydrogen) atoms. The smallest absolute Gasteiger partial charge is 0.297 e. The molecule has 84 valence electrons. The van der Waals surface area contributed by atoms with Crippen LogP contribution < -0.4 is 16.7 Å². The van der Waals surface area contributed by atoms with E-state index in [0.717, 1.165) is 5.56 Å². The van der Waals surface area contributed by atoms with E-state index in [0.29, 0.717) is 0 Å². The predicted molar refractivity (Wildman–Crippen MR) is 62.2 cm³/mol. The first-order chi connectivity index (χ1) is 8.06. The van der Waals surface area contributed by atoms with E-state index in [2.05, 4.69) is 4.98 Å². The van der Waals surface area contributed by atoms with E-state index in [9.17, 15) is 14.0 Å². The fraction of sp³-hybridized carbons (Fsp3) is 0.0909. The number of benzene rings is 1. The fourth-order valence-electron chi connectivity index (χ4n) is 1.43. The molecule has 2 rings (SSSR count). The van der Waals surface area contributed by atoms with Gasteiger partial charge in [-0.05, 0) is 23.2 Å². The Morgan fingerprint density at radius 3 is 2.53 bits per heavy atom. The Kier molecular flexibility index (Phi) is 2.95. The minimum atomic E-state index is -0.606. The number of H-pyrrole nitrogens is 1. The van der Waals surface area contributed by atoms with Crippen molar-refractivity contribution >= 4 is 13.3 Å². The molecule has 4 nitrogen and oxygen atoms in total. The van der Waals surface area contributed by atoms with Gasteiger partial charge in [0, 0.05) is 6.20 Å². The third kappa shape index (κ3) is 2.53. The Bertz CT molecular complexity index is 646. The largest absolute Gasteiger partial charge is 0.328 e. The van der Waals surface area contributed by atoms with Crippen molar-refractivity contribution in [1.29, 1.82) is 0 Å². The number of aromatic nitrogens is 2. The second kappa shape index (κ2) is 4.41. The number of halogens is 1. The molecular formula is C11H8BFN2O2. The highest BCUT2D eigenvalue weighted by molar-refractivity contribution is 6.31.